The molecule has 0 aliphatic carbocycles. The first-order valence-electron chi connectivity index (χ1n) is 6.73. The summed E-state index contributed by atoms with van der Waals surface area (Å²) in [4.78, 5) is 12.5. The fourth-order valence-corrected chi connectivity index (χ4v) is 2.16. The van der Waals surface area contributed by atoms with E-state index in [9.17, 15) is 4.79 Å². The van der Waals surface area contributed by atoms with Gasteiger partial charge >= 0.3 is 6.09 Å². The smallest absolute Gasteiger partial charge is 0.431 e. The standard InChI is InChI=1S/C16H19ClN2O2/c1-16(2,3)21-15(20)19(18-11-7-8-12-18)14(17)13-9-5-4-6-10-13/h4-12,14H,1-3H3/t14-/m1/s1. The van der Waals surface area contributed by atoms with Crippen LogP contribution >= 0.6 is 11.6 Å². The van der Waals surface area contributed by atoms with Gasteiger partial charge in [-0.2, -0.15) is 5.01 Å². The minimum absolute atomic E-state index is 0.498. The molecule has 0 saturated carbocycles. The van der Waals surface area contributed by atoms with Crippen LogP contribution in [0.3, 0.4) is 0 Å². The third-order valence-corrected chi connectivity index (χ3v) is 3.14. The van der Waals surface area contributed by atoms with Crippen molar-refractivity contribution in [3.8, 4) is 0 Å². The van der Waals surface area contributed by atoms with Gasteiger partial charge in [-0.1, -0.05) is 41.9 Å². The number of rotatable bonds is 3. The Hall–Kier alpha value is -1.94. The predicted molar refractivity (Wildman–Crippen MR) is 83.9 cm³/mol. The summed E-state index contributed by atoms with van der Waals surface area (Å²) in [6, 6.07) is 13.1. The second kappa shape index (κ2) is 6.22. The van der Waals surface area contributed by atoms with Crippen molar-refractivity contribution >= 4 is 17.7 Å². The van der Waals surface area contributed by atoms with Gasteiger partial charge in [-0.25, -0.2) is 4.79 Å². The average molecular weight is 307 g/mol. The van der Waals surface area contributed by atoms with Crippen LogP contribution in [0.2, 0.25) is 0 Å². The number of carbonyl (C=O) groups excluding carboxylic acids is 1. The summed E-state index contributed by atoms with van der Waals surface area (Å²) in [5, 5.41) is 1.38. The second-order valence-corrected chi connectivity index (χ2v) is 6.05. The zero-order chi connectivity index (χ0) is 15.5. The van der Waals surface area contributed by atoms with Gasteiger partial charge in [-0.3, -0.25) is 4.68 Å². The van der Waals surface area contributed by atoms with Crippen LogP contribution in [0.5, 0.6) is 0 Å². The number of aromatic nitrogens is 1. The zero-order valence-corrected chi connectivity index (χ0v) is 13.1. The Morgan fingerprint density at radius 2 is 1.71 bits per heavy atom. The Kier molecular flexibility index (Phi) is 4.58. The molecule has 1 atom stereocenters. The summed E-state index contributed by atoms with van der Waals surface area (Å²) >= 11 is 6.49. The summed E-state index contributed by atoms with van der Waals surface area (Å²) in [5.74, 6) is 0. The number of nitrogens with zero attached hydrogens (tertiary/aromatic N) is 2. The van der Waals surface area contributed by atoms with E-state index in [0.29, 0.717) is 0 Å². The molecule has 0 bridgehead atoms. The molecule has 4 nitrogen and oxygen atoms in total. The molecular formula is C16H19ClN2O2. The highest BCUT2D eigenvalue weighted by Gasteiger charge is 2.29. The Morgan fingerprint density at radius 3 is 2.24 bits per heavy atom. The first-order valence-corrected chi connectivity index (χ1v) is 7.16. The highest BCUT2D eigenvalue weighted by Crippen LogP contribution is 2.25. The molecule has 2 rings (SSSR count). The van der Waals surface area contributed by atoms with Gasteiger partial charge in [-0.15, -0.1) is 0 Å². The van der Waals surface area contributed by atoms with Gasteiger partial charge in [0.2, 0.25) is 0 Å². The van der Waals surface area contributed by atoms with Crippen molar-refractivity contribution in [2.45, 2.75) is 31.9 Å². The van der Waals surface area contributed by atoms with E-state index >= 15 is 0 Å². The van der Waals surface area contributed by atoms with E-state index in [1.165, 1.54) is 5.01 Å². The van der Waals surface area contributed by atoms with Gasteiger partial charge in [0.15, 0.2) is 5.50 Å². The summed E-state index contributed by atoms with van der Waals surface area (Å²) in [6.45, 7) is 5.47. The number of hydrogen-bond donors (Lipinski definition) is 0. The third kappa shape index (κ3) is 4.02. The fourth-order valence-electron chi connectivity index (χ4n) is 1.83. The van der Waals surface area contributed by atoms with Crippen LogP contribution in [-0.4, -0.2) is 16.4 Å². The van der Waals surface area contributed by atoms with Crippen molar-refractivity contribution in [2.75, 3.05) is 5.01 Å². The topological polar surface area (TPSA) is 34.5 Å². The molecule has 0 saturated heterocycles. The van der Waals surface area contributed by atoms with Crippen molar-refractivity contribution in [3.63, 3.8) is 0 Å². The van der Waals surface area contributed by atoms with Crippen molar-refractivity contribution in [1.29, 1.82) is 0 Å². The summed E-state index contributed by atoms with van der Waals surface area (Å²) < 4.78 is 7.07. The summed E-state index contributed by atoms with van der Waals surface area (Å²) in [5.41, 5.74) is -0.428. The molecule has 1 heterocycles. The van der Waals surface area contributed by atoms with E-state index in [-0.39, 0.29) is 0 Å². The fraction of sp³-hybridized carbons (Fsp3) is 0.312. The monoisotopic (exact) mass is 306 g/mol. The Balaban J connectivity index is 2.31. The van der Waals surface area contributed by atoms with Crippen molar-refractivity contribution in [3.05, 3.63) is 60.4 Å². The van der Waals surface area contributed by atoms with Crippen LogP contribution in [0, 0.1) is 0 Å². The maximum atomic E-state index is 12.5. The molecule has 0 unspecified atom stereocenters. The van der Waals surface area contributed by atoms with Crippen molar-refractivity contribution < 1.29 is 9.53 Å². The lowest BCUT2D eigenvalue weighted by Gasteiger charge is -2.31. The van der Waals surface area contributed by atoms with E-state index in [4.69, 9.17) is 16.3 Å². The number of halogens is 1. The molecule has 21 heavy (non-hydrogen) atoms. The minimum atomic E-state index is -0.659. The average Bonchev–Trinajstić information content (AvgIpc) is 2.91. The van der Waals surface area contributed by atoms with Gasteiger partial charge in [0.25, 0.3) is 0 Å². The van der Waals surface area contributed by atoms with E-state index in [2.05, 4.69) is 0 Å². The maximum Gasteiger partial charge on any atom is 0.431 e. The van der Waals surface area contributed by atoms with Crippen LogP contribution in [-0.2, 0) is 4.74 Å². The molecule has 0 spiro atoms. The lowest BCUT2D eigenvalue weighted by molar-refractivity contribution is 0.0531. The zero-order valence-electron chi connectivity index (χ0n) is 12.4. The molecule has 0 fully saturated rings. The number of carbonyl (C=O) groups is 1. The molecule has 0 aliphatic rings. The van der Waals surface area contributed by atoms with Crippen LogP contribution < -0.4 is 5.01 Å². The lowest BCUT2D eigenvalue weighted by atomic mass is 10.2. The van der Waals surface area contributed by atoms with Crippen LogP contribution in [0.15, 0.2) is 54.9 Å². The van der Waals surface area contributed by atoms with Gasteiger partial charge in [0, 0.05) is 12.4 Å². The first kappa shape index (κ1) is 15.4. The van der Waals surface area contributed by atoms with Gasteiger partial charge < -0.3 is 4.74 Å². The summed E-state index contributed by atoms with van der Waals surface area (Å²) in [7, 11) is 0. The largest absolute Gasteiger partial charge is 0.442 e. The number of ether oxygens (including phenoxy) is 1. The normalized spacial score (nSPS) is 12.8. The minimum Gasteiger partial charge on any atom is -0.442 e. The number of amides is 1. The SMILES string of the molecule is CC(C)(C)OC(=O)N([C@@H](Cl)c1ccccc1)n1cccc1. The quantitative estimate of drug-likeness (QED) is 0.626. The van der Waals surface area contributed by atoms with Crippen LogP contribution in [0.1, 0.15) is 31.8 Å². The molecule has 5 heteroatoms. The number of hydrogen-bond acceptors (Lipinski definition) is 2. The van der Waals surface area contributed by atoms with Crippen molar-refractivity contribution in [1.82, 2.24) is 4.68 Å². The van der Waals surface area contributed by atoms with E-state index in [1.54, 1.807) is 17.1 Å². The van der Waals surface area contributed by atoms with E-state index < -0.39 is 17.2 Å². The number of alkyl halides is 1. The Morgan fingerprint density at radius 1 is 1.14 bits per heavy atom. The van der Waals surface area contributed by atoms with Crippen LogP contribution in [0.25, 0.3) is 0 Å². The molecule has 0 aliphatic heterocycles. The molecule has 1 aromatic heterocycles. The predicted octanol–water partition coefficient (Wildman–Crippen LogP) is 4.30. The van der Waals surface area contributed by atoms with Gasteiger partial charge in [0.1, 0.15) is 5.60 Å². The van der Waals surface area contributed by atoms with E-state index in [0.717, 1.165) is 5.56 Å². The molecule has 1 aromatic carbocycles. The highest BCUT2D eigenvalue weighted by atomic mass is 35.5. The second-order valence-electron chi connectivity index (χ2n) is 5.63. The summed E-state index contributed by atoms with van der Waals surface area (Å²) in [6.07, 6.45) is 3.01. The van der Waals surface area contributed by atoms with Gasteiger partial charge in [0.05, 0.1) is 0 Å². The third-order valence-electron chi connectivity index (χ3n) is 2.71. The Bertz CT molecular complexity index is 576. The lowest BCUT2D eigenvalue weighted by Crippen LogP contribution is -2.44. The molecule has 0 N–H and O–H groups in total. The highest BCUT2D eigenvalue weighted by molar-refractivity contribution is 6.23. The molecule has 2 aromatic rings. The molecule has 112 valence electrons. The first-order chi connectivity index (χ1) is 9.88. The maximum absolute atomic E-state index is 12.5. The molecular weight excluding hydrogens is 288 g/mol. The van der Waals surface area contributed by atoms with Crippen LogP contribution in [0.4, 0.5) is 4.79 Å². The van der Waals surface area contributed by atoms with Crippen molar-refractivity contribution in [2.24, 2.45) is 0 Å². The van der Waals surface area contributed by atoms with E-state index in [1.807, 2.05) is 63.2 Å². The molecule has 1 amide bonds. The number of benzene rings is 1. The molecule has 0 radical (unpaired) electrons. The van der Waals surface area contributed by atoms with Gasteiger partial charge in [-0.05, 0) is 38.5 Å². The Labute approximate surface area is 129 Å².